The van der Waals surface area contributed by atoms with E-state index >= 15 is 0 Å². The normalized spacial score (nSPS) is 10.8. The maximum atomic E-state index is 11.1. The molecule has 0 spiro atoms. The Balaban J connectivity index is 1.82. The van der Waals surface area contributed by atoms with E-state index in [4.69, 9.17) is 12.2 Å². The fourth-order valence-corrected chi connectivity index (χ4v) is 2.88. The Labute approximate surface area is 169 Å². The second-order valence-corrected chi connectivity index (χ2v) is 7.55. The van der Waals surface area contributed by atoms with Crippen LogP contribution in [0.25, 0.3) is 0 Å². The second-order valence-electron chi connectivity index (χ2n) is 5.77. The van der Waals surface area contributed by atoms with E-state index in [0.717, 1.165) is 11.4 Å². The molecule has 2 aromatic carbocycles. The predicted octanol–water partition coefficient (Wildman–Crippen LogP) is 2.15. The Morgan fingerprint density at radius 2 is 1.43 bits per heavy atom. The van der Waals surface area contributed by atoms with Gasteiger partial charge < -0.3 is 25.8 Å². The Morgan fingerprint density at radius 3 is 1.96 bits per heavy atom. The lowest BCUT2D eigenvalue weighted by molar-refractivity contribution is -0.120. The summed E-state index contributed by atoms with van der Waals surface area (Å²) in [6.07, 6.45) is 0.449. The number of carbonyl (C=O) groups excluding carboxylic acids is 1. The van der Waals surface area contributed by atoms with Gasteiger partial charge in [-0.05, 0) is 60.7 Å². The molecule has 0 aliphatic carbocycles. The van der Waals surface area contributed by atoms with Crippen molar-refractivity contribution in [3.63, 3.8) is 0 Å². The average Bonchev–Trinajstić information content (AvgIpc) is 2.66. The van der Waals surface area contributed by atoms with Crippen LogP contribution in [-0.2, 0) is 14.9 Å². The number of hydrogen-bond donors (Lipinski definition) is 4. The summed E-state index contributed by atoms with van der Waals surface area (Å²) in [7, 11) is -4.45. The van der Waals surface area contributed by atoms with E-state index in [-0.39, 0.29) is 10.8 Å². The largest absolute Gasteiger partial charge is 0.744 e. The van der Waals surface area contributed by atoms with Gasteiger partial charge in [-0.1, -0.05) is 6.92 Å². The number of carbonyl (C=O) groups is 1. The minimum absolute atomic E-state index is 0.00643. The van der Waals surface area contributed by atoms with Crippen LogP contribution in [0.2, 0.25) is 0 Å². The third-order valence-corrected chi connectivity index (χ3v) is 4.72. The van der Waals surface area contributed by atoms with Crippen LogP contribution in [0.5, 0.6) is 0 Å². The Bertz CT molecular complexity index is 914. The molecule has 0 heterocycles. The van der Waals surface area contributed by atoms with E-state index in [0.29, 0.717) is 30.3 Å². The van der Waals surface area contributed by atoms with Gasteiger partial charge in [-0.3, -0.25) is 4.79 Å². The average molecular weight is 422 g/mol. The van der Waals surface area contributed by atoms with E-state index < -0.39 is 10.1 Å². The number of nitrogens with one attached hydrogen (secondary N) is 4. The van der Waals surface area contributed by atoms with Crippen molar-refractivity contribution in [1.82, 2.24) is 10.6 Å². The first-order valence-corrected chi connectivity index (χ1v) is 10.3. The highest BCUT2D eigenvalue weighted by Gasteiger charge is 2.02. The molecular weight excluding hydrogens is 400 g/mol. The molecule has 8 nitrogen and oxygen atoms in total. The summed E-state index contributed by atoms with van der Waals surface area (Å²) in [4.78, 5) is 10.9. The van der Waals surface area contributed by atoms with Crippen LogP contribution < -0.4 is 21.3 Å². The molecule has 28 heavy (non-hydrogen) atoms. The van der Waals surface area contributed by atoms with Crippen LogP contribution in [0.15, 0.2) is 53.4 Å². The molecule has 0 aliphatic heterocycles. The molecular formula is C18H21N4O4S2-. The summed E-state index contributed by atoms with van der Waals surface area (Å²) in [6, 6.07) is 12.9. The van der Waals surface area contributed by atoms with E-state index in [1.807, 2.05) is 24.3 Å². The first-order valence-electron chi connectivity index (χ1n) is 8.52. The zero-order valence-corrected chi connectivity index (χ0v) is 16.8. The third kappa shape index (κ3) is 7.14. The maximum absolute atomic E-state index is 11.1. The molecule has 0 saturated heterocycles. The van der Waals surface area contributed by atoms with Crippen molar-refractivity contribution in [1.29, 1.82) is 0 Å². The molecule has 0 radical (unpaired) electrons. The highest BCUT2D eigenvalue weighted by molar-refractivity contribution is 7.85. The van der Waals surface area contributed by atoms with Gasteiger partial charge in [-0.15, -0.1) is 0 Å². The van der Waals surface area contributed by atoms with Crippen LogP contribution >= 0.6 is 12.2 Å². The minimum atomic E-state index is -4.45. The molecule has 10 heteroatoms. The van der Waals surface area contributed by atoms with Gasteiger partial charge in [0, 0.05) is 36.6 Å². The van der Waals surface area contributed by atoms with Gasteiger partial charge in [0.15, 0.2) is 5.11 Å². The van der Waals surface area contributed by atoms with Crippen molar-refractivity contribution in [2.24, 2.45) is 0 Å². The number of benzene rings is 2. The van der Waals surface area contributed by atoms with Crippen molar-refractivity contribution >= 4 is 50.4 Å². The lowest BCUT2D eigenvalue weighted by atomic mass is 10.2. The fraction of sp³-hybridized carbons (Fsp3) is 0.222. The van der Waals surface area contributed by atoms with Crippen LogP contribution in [0.3, 0.4) is 0 Å². The van der Waals surface area contributed by atoms with E-state index in [1.54, 1.807) is 6.92 Å². The van der Waals surface area contributed by atoms with Crippen molar-refractivity contribution in [2.75, 3.05) is 23.7 Å². The molecule has 150 valence electrons. The molecule has 0 saturated carbocycles. The number of anilines is 3. The molecule has 2 aromatic rings. The molecule has 2 rings (SSSR count). The van der Waals surface area contributed by atoms with Crippen molar-refractivity contribution < 1.29 is 17.8 Å². The standard InChI is InChI=1S/C18H22N4O4S2/c1-2-17(23)19-11-12-20-18(27)22-15-5-3-13(4-6-15)21-14-7-9-16(10-8-14)28(24,25)26/h3-10,21H,2,11-12H2,1H3,(H,19,23)(H2,20,22,27)(H,24,25,26)/p-1. The van der Waals surface area contributed by atoms with Gasteiger partial charge in [0.2, 0.25) is 5.91 Å². The van der Waals surface area contributed by atoms with E-state index in [1.165, 1.54) is 24.3 Å². The van der Waals surface area contributed by atoms with Crippen molar-refractivity contribution in [2.45, 2.75) is 18.2 Å². The summed E-state index contributed by atoms with van der Waals surface area (Å²) in [5.41, 5.74) is 2.22. The van der Waals surface area contributed by atoms with Crippen molar-refractivity contribution in [3.05, 3.63) is 48.5 Å². The molecule has 4 N–H and O–H groups in total. The monoisotopic (exact) mass is 421 g/mol. The first-order chi connectivity index (χ1) is 13.3. The second kappa shape index (κ2) is 10.0. The number of hydrogen-bond acceptors (Lipinski definition) is 6. The summed E-state index contributed by atoms with van der Waals surface area (Å²) >= 11 is 5.20. The number of thiocarbonyl (C=S) groups is 1. The number of amides is 1. The van der Waals surface area contributed by atoms with Gasteiger partial charge >= 0.3 is 0 Å². The quantitative estimate of drug-likeness (QED) is 0.291. The Hall–Kier alpha value is -2.69. The summed E-state index contributed by atoms with van der Waals surface area (Å²) < 4.78 is 32.8. The van der Waals surface area contributed by atoms with E-state index in [9.17, 15) is 17.8 Å². The third-order valence-electron chi connectivity index (χ3n) is 3.63. The molecule has 1 amide bonds. The zero-order chi connectivity index (χ0) is 20.6. The van der Waals surface area contributed by atoms with Gasteiger partial charge in [0.05, 0.1) is 4.90 Å². The van der Waals surface area contributed by atoms with Gasteiger partial charge in [0.25, 0.3) is 0 Å². The Kier molecular flexibility index (Phi) is 7.73. The van der Waals surface area contributed by atoms with Crippen LogP contribution in [0.4, 0.5) is 17.1 Å². The molecule has 0 aromatic heterocycles. The molecule has 0 fully saturated rings. The van der Waals surface area contributed by atoms with Gasteiger partial charge in [0.1, 0.15) is 10.1 Å². The van der Waals surface area contributed by atoms with Crippen LogP contribution in [-0.4, -0.2) is 37.1 Å². The summed E-state index contributed by atoms with van der Waals surface area (Å²) in [5, 5.41) is 12.3. The smallest absolute Gasteiger partial charge is 0.219 e. The Morgan fingerprint density at radius 1 is 0.929 bits per heavy atom. The lowest BCUT2D eigenvalue weighted by Crippen LogP contribution is -2.36. The number of rotatable bonds is 8. The highest BCUT2D eigenvalue weighted by Crippen LogP contribution is 2.20. The zero-order valence-electron chi connectivity index (χ0n) is 15.2. The molecule has 0 aliphatic rings. The highest BCUT2D eigenvalue weighted by atomic mass is 32.2. The van der Waals surface area contributed by atoms with Crippen molar-refractivity contribution in [3.8, 4) is 0 Å². The molecule has 0 bridgehead atoms. The predicted molar refractivity (Wildman–Crippen MR) is 112 cm³/mol. The van der Waals surface area contributed by atoms with E-state index in [2.05, 4.69) is 21.3 Å². The SMILES string of the molecule is CCC(=O)NCCNC(=S)Nc1ccc(Nc2ccc(S(=O)(=O)[O-])cc2)cc1. The molecule has 0 unspecified atom stereocenters. The fourth-order valence-electron chi connectivity index (χ4n) is 2.19. The van der Waals surface area contributed by atoms with Gasteiger partial charge in [-0.2, -0.15) is 0 Å². The van der Waals surface area contributed by atoms with Gasteiger partial charge in [-0.25, -0.2) is 8.42 Å². The topological polar surface area (TPSA) is 122 Å². The minimum Gasteiger partial charge on any atom is -0.744 e. The maximum Gasteiger partial charge on any atom is 0.219 e. The van der Waals surface area contributed by atoms with Crippen LogP contribution in [0, 0.1) is 0 Å². The summed E-state index contributed by atoms with van der Waals surface area (Å²) in [6.45, 7) is 2.80. The van der Waals surface area contributed by atoms with Crippen LogP contribution in [0.1, 0.15) is 13.3 Å². The molecule has 0 atom stereocenters. The first kappa shape index (κ1) is 21.6. The summed E-state index contributed by atoms with van der Waals surface area (Å²) in [5.74, 6) is -0.00643. The lowest BCUT2D eigenvalue weighted by Gasteiger charge is -2.12.